The van der Waals surface area contributed by atoms with Gasteiger partial charge in [-0.05, 0) is 29.2 Å². The minimum absolute atomic E-state index is 0.150. The summed E-state index contributed by atoms with van der Waals surface area (Å²) in [6, 6.07) is 10.00. The van der Waals surface area contributed by atoms with E-state index in [9.17, 15) is 0 Å². The minimum Gasteiger partial charge on any atom is -0.457 e. The van der Waals surface area contributed by atoms with Crippen molar-refractivity contribution in [2.75, 3.05) is 0 Å². The number of pyridine rings is 1. The maximum atomic E-state index is 5.85. The van der Waals surface area contributed by atoms with Crippen LogP contribution in [-0.4, -0.2) is 4.98 Å². The zero-order valence-electron chi connectivity index (χ0n) is 11.7. The molecule has 1 aromatic carbocycles. The van der Waals surface area contributed by atoms with Gasteiger partial charge in [0.15, 0.2) is 0 Å². The van der Waals surface area contributed by atoms with E-state index in [4.69, 9.17) is 10.5 Å². The standard InChI is InChI=1S/C16H20N2O/c1-16(2,3)13-4-6-14(7-5-13)19-15-8-9-18-11-12(15)10-17/h4-9,11H,10,17H2,1-3H3. The molecule has 0 fully saturated rings. The SMILES string of the molecule is CC(C)(C)c1ccc(Oc2ccncc2CN)cc1. The van der Waals surface area contributed by atoms with E-state index in [0.29, 0.717) is 6.54 Å². The molecule has 0 aliphatic heterocycles. The Balaban J connectivity index is 2.20. The summed E-state index contributed by atoms with van der Waals surface area (Å²) in [4.78, 5) is 4.04. The van der Waals surface area contributed by atoms with Crippen LogP contribution < -0.4 is 10.5 Å². The molecule has 0 aliphatic rings. The van der Waals surface area contributed by atoms with Crippen LogP contribution in [0.4, 0.5) is 0 Å². The summed E-state index contributed by atoms with van der Waals surface area (Å²) in [6.07, 6.45) is 3.44. The molecule has 0 unspecified atom stereocenters. The van der Waals surface area contributed by atoms with Crippen molar-refractivity contribution in [3.63, 3.8) is 0 Å². The fraction of sp³-hybridized carbons (Fsp3) is 0.312. The first kappa shape index (κ1) is 13.6. The predicted molar refractivity (Wildman–Crippen MR) is 77.3 cm³/mol. The van der Waals surface area contributed by atoms with Crippen LogP contribution in [0.5, 0.6) is 11.5 Å². The maximum Gasteiger partial charge on any atom is 0.134 e. The van der Waals surface area contributed by atoms with Gasteiger partial charge in [-0.15, -0.1) is 0 Å². The number of ether oxygens (including phenoxy) is 1. The Morgan fingerprint density at radius 3 is 2.37 bits per heavy atom. The lowest BCUT2D eigenvalue weighted by molar-refractivity contribution is 0.474. The smallest absolute Gasteiger partial charge is 0.134 e. The number of aromatic nitrogens is 1. The Bertz CT molecular complexity index is 541. The Morgan fingerprint density at radius 1 is 1.11 bits per heavy atom. The van der Waals surface area contributed by atoms with Crippen LogP contribution in [-0.2, 0) is 12.0 Å². The Labute approximate surface area is 114 Å². The summed E-state index contributed by atoms with van der Waals surface area (Å²) in [5.74, 6) is 1.58. The van der Waals surface area contributed by atoms with E-state index in [2.05, 4.69) is 37.9 Å². The number of nitrogens with two attached hydrogens (primary N) is 1. The molecule has 0 atom stereocenters. The highest BCUT2D eigenvalue weighted by Crippen LogP contribution is 2.28. The van der Waals surface area contributed by atoms with Crippen LogP contribution in [0.2, 0.25) is 0 Å². The molecule has 3 heteroatoms. The van der Waals surface area contributed by atoms with Crippen molar-refractivity contribution >= 4 is 0 Å². The molecule has 1 heterocycles. The van der Waals surface area contributed by atoms with Gasteiger partial charge in [0.1, 0.15) is 11.5 Å². The van der Waals surface area contributed by atoms with Crippen molar-refractivity contribution < 1.29 is 4.74 Å². The molecule has 2 rings (SSSR count). The van der Waals surface area contributed by atoms with Gasteiger partial charge in [-0.1, -0.05) is 32.9 Å². The third-order valence-corrected chi connectivity index (χ3v) is 3.03. The Kier molecular flexibility index (Phi) is 3.86. The van der Waals surface area contributed by atoms with E-state index in [1.54, 1.807) is 12.4 Å². The molecule has 0 amide bonds. The lowest BCUT2D eigenvalue weighted by Gasteiger charge is -2.19. The highest BCUT2D eigenvalue weighted by Gasteiger charge is 2.13. The molecule has 19 heavy (non-hydrogen) atoms. The van der Waals surface area contributed by atoms with Gasteiger partial charge >= 0.3 is 0 Å². The quantitative estimate of drug-likeness (QED) is 0.912. The molecule has 0 saturated carbocycles. The van der Waals surface area contributed by atoms with Gasteiger partial charge < -0.3 is 10.5 Å². The summed E-state index contributed by atoms with van der Waals surface area (Å²) >= 11 is 0. The topological polar surface area (TPSA) is 48.1 Å². The lowest BCUT2D eigenvalue weighted by Crippen LogP contribution is -2.10. The number of benzene rings is 1. The Morgan fingerprint density at radius 2 is 1.79 bits per heavy atom. The molecule has 0 radical (unpaired) electrons. The van der Waals surface area contributed by atoms with Crippen LogP contribution in [0, 0.1) is 0 Å². The first-order valence-corrected chi connectivity index (χ1v) is 6.42. The fourth-order valence-electron chi connectivity index (χ4n) is 1.82. The van der Waals surface area contributed by atoms with Gasteiger partial charge in [0.25, 0.3) is 0 Å². The summed E-state index contributed by atoms with van der Waals surface area (Å²) in [5.41, 5.74) is 8.01. The van der Waals surface area contributed by atoms with E-state index in [1.807, 2.05) is 18.2 Å². The van der Waals surface area contributed by atoms with Gasteiger partial charge in [0.05, 0.1) is 0 Å². The number of rotatable bonds is 3. The molecule has 100 valence electrons. The molecule has 2 aromatic rings. The first-order valence-electron chi connectivity index (χ1n) is 6.42. The fourth-order valence-corrected chi connectivity index (χ4v) is 1.82. The molecular formula is C16H20N2O. The van der Waals surface area contributed by atoms with Crippen molar-refractivity contribution in [2.24, 2.45) is 5.73 Å². The van der Waals surface area contributed by atoms with Crippen LogP contribution in [0.3, 0.4) is 0 Å². The molecule has 0 saturated heterocycles. The van der Waals surface area contributed by atoms with E-state index in [0.717, 1.165) is 17.1 Å². The molecular weight excluding hydrogens is 236 g/mol. The molecule has 3 nitrogen and oxygen atoms in total. The molecule has 1 aromatic heterocycles. The second kappa shape index (κ2) is 5.41. The van der Waals surface area contributed by atoms with Crippen molar-refractivity contribution in [2.45, 2.75) is 32.7 Å². The second-order valence-corrected chi connectivity index (χ2v) is 5.56. The Hall–Kier alpha value is -1.87. The van der Waals surface area contributed by atoms with Gasteiger partial charge in [0, 0.05) is 24.5 Å². The summed E-state index contributed by atoms with van der Waals surface area (Å²) in [7, 11) is 0. The zero-order chi connectivity index (χ0) is 13.9. The average Bonchev–Trinajstić information content (AvgIpc) is 2.39. The van der Waals surface area contributed by atoms with Gasteiger partial charge in [-0.3, -0.25) is 4.98 Å². The van der Waals surface area contributed by atoms with E-state index in [-0.39, 0.29) is 5.41 Å². The first-order chi connectivity index (χ1) is 9.00. The lowest BCUT2D eigenvalue weighted by atomic mass is 9.87. The predicted octanol–water partition coefficient (Wildman–Crippen LogP) is 3.63. The van der Waals surface area contributed by atoms with Gasteiger partial charge in [0.2, 0.25) is 0 Å². The summed E-state index contributed by atoms with van der Waals surface area (Å²) < 4.78 is 5.85. The molecule has 2 N–H and O–H groups in total. The normalized spacial score (nSPS) is 11.4. The minimum atomic E-state index is 0.150. The van der Waals surface area contributed by atoms with Crippen molar-refractivity contribution in [1.29, 1.82) is 0 Å². The van der Waals surface area contributed by atoms with Crippen molar-refractivity contribution in [3.05, 3.63) is 53.9 Å². The van der Waals surface area contributed by atoms with Crippen molar-refractivity contribution in [3.8, 4) is 11.5 Å². The van der Waals surface area contributed by atoms with E-state index in [1.165, 1.54) is 5.56 Å². The van der Waals surface area contributed by atoms with E-state index < -0.39 is 0 Å². The molecule has 0 spiro atoms. The largest absolute Gasteiger partial charge is 0.457 e. The van der Waals surface area contributed by atoms with Crippen LogP contribution >= 0.6 is 0 Å². The number of nitrogens with zero attached hydrogens (tertiary/aromatic N) is 1. The van der Waals surface area contributed by atoms with Gasteiger partial charge in [-0.2, -0.15) is 0 Å². The maximum absolute atomic E-state index is 5.85. The van der Waals surface area contributed by atoms with E-state index >= 15 is 0 Å². The van der Waals surface area contributed by atoms with Crippen LogP contribution in [0.1, 0.15) is 31.9 Å². The van der Waals surface area contributed by atoms with Crippen molar-refractivity contribution in [1.82, 2.24) is 4.98 Å². The highest BCUT2D eigenvalue weighted by atomic mass is 16.5. The highest BCUT2D eigenvalue weighted by molar-refractivity contribution is 5.37. The average molecular weight is 256 g/mol. The zero-order valence-corrected chi connectivity index (χ0v) is 11.7. The number of hydrogen-bond donors (Lipinski definition) is 1. The summed E-state index contributed by atoms with van der Waals surface area (Å²) in [6.45, 7) is 7.00. The molecule has 0 aliphatic carbocycles. The molecule has 0 bridgehead atoms. The second-order valence-electron chi connectivity index (χ2n) is 5.56. The van der Waals surface area contributed by atoms with Crippen LogP contribution in [0.15, 0.2) is 42.7 Å². The van der Waals surface area contributed by atoms with Gasteiger partial charge in [-0.25, -0.2) is 0 Å². The number of hydrogen-bond acceptors (Lipinski definition) is 3. The third kappa shape index (κ3) is 3.32. The van der Waals surface area contributed by atoms with Crippen LogP contribution in [0.25, 0.3) is 0 Å². The third-order valence-electron chi connectivity index (χ3n) is 3.03. The summed E-state index contributed by atoms with van der Waals surface area (Å²) in [5, 5.41) is 0. The monoisotopic (exact) mass is 256 g/mol.